The van der Waals surface area contributed by atoms with Crippen molar-refractivity contribution in [3.63, 3.8) is 0 Å². The van der Waals surface area contributed by atoms with Gasteiger partial charge in [0.2, 0.25) is 0 Å². The van der Waals surface area contributed by atoms with Gasteiger partial charge in [-0.3, -0.25) is 9.36 Å². The number of aryl methyl sites for hydroxylation is 1. The standard InChI is InChI=1S/C24H26N4O2S/c1-3-11-28-22(20-9-7-18(2)8-10-20)25-26-24(28)31-17-19-5-4-6-21(16-19)23(29)27-12-14-30-15-13-27/h3-10,16H,1,11-15,17H2,2H3. The molecule has 31 heavy (non-hydrogen) atoms. The lowest BCUT2D eigenvalue weighted by Crippen LogP contribution is -2.40. The number of amides is 1. The van der Waals surface area contributed by atoms with Crippen molar-refractivity contribution in [3.8, 4) is 11.4 Å². The van der Waals surface area contributed by atoms with Gasteiger partial charge in [0.15, 0.2) is 11.0 Å². The molecule has 3 aromatic rings. The number of thioether (sulfide) groups is 1. The van der Waals surface area contributed by atoms with Crippen molar-refractivity contribution in [2.75, 3.05) is 26.3 Å². The molecule has 2 aromatic carbocycles. The smallest absolute Gasteiger partial charge is 0.254 e. The maximum atomic E-state index is 12.8. The number of rotatable bonds is 7. The van der Waals surface area contributed by atoms with E-state index in [1.807, 2.05) is 35.2 Å². The minimum absolute atomic E-state index is 0.0617. The van der Waals surface area contributed by atoms with Crippen LogP contribution in [0.5, 0.6) is 0 Å². The van der Waals surface area contributed by atoms with Crippen molar-refractivity contribution in [2.45, 2.75) is 24.4 Å². The second kappa shape index (κ2) is 9.94. The van der Waals surface area contributed by atoms with E-state index in [0.29, 0.717) is 44.2 Å². The van der Waals surface area contributed by atoms with E-state index in [4.69, 9.17) is 4.74 Å². The fraction of sp³-hybridized carbons (Fsp3) is 0.292. The first-order valence-corrected chi connectivity index (χ1v) is 11.3. The lowest BCUT2D eigenvalue weighted by atomic mass is 10.1. The van der Waals surface area contributed by atoms with Gasteiger partial charge in [-0.2, -0.15) is 0 Å². The molecule has 0 N–H and O–H groups in total. The molecule has 1 saturated heterocycles. The molecule has 1 fully saturated rings. The molecule has 1 aromatic heterocycles. The molecule has 6 nitrogen and oxygen atoms in total. The molecule has 0 unspecified atom stereocenters. The van der Waals surface area contributed by atoms with Gasteiger partial charge in [0, 0.05) is 36.5 Å². The van der Waals surface area contributed by atoms with Crippen molar-refractivity contribution in [2.24, 2.45) is 0 Å². The molecule has 0 atom stereocenters. The molecule has 0 radical (unpaired) electrons. The molecular formula is C24H26N4O2S. The highest BCUT2D eigenvalue weighted by Crippen LogP contribution is 2.27. The summed E-state index contributed by atoms with van der Waals surface area (Å²) in [5.41, 5.74) is 4.03. The molecule has 1 aliphatic rings. The van der Waals surface area contributed by atoms with Gasteiger partial charge in [0.25, 0.3) is 5.91 Å². The van der Waals surface area contributed by atoms with Gasteiger partial charge in [-0.25, -0.2) is 0 Å². The fourth-order valence-electron chi connectivity index (χ4n) is 3.50. The van der Waals surface area contributed by atoms with Crippen molar-refractivity contribution in [1.29, 1.82) is 0 Å². The lowest BCUT2D eigenvalue weighted by Gasteiger charge is -2.27. The van der Waals surface area contributed by atoms with E-state index in [9.17, 15) is 4.79 Å². The van der Waals surface area contributed by atoms with Crippen molar-refractivity contribution < 1.29 is 9.53 Å². The van der Waals surface area contributed by atoms with E-state index < -0.39 is 0 Å². The summed E-state index contributed by atoms with van der Waals surface area (Å²) in [6.07, 6.45) is 1.85. The highest BCUT2D eigenvalue weighted by atomic mass is 32.2. The number of morpholine rings is 1. The summed E-state index contributed by atoms with van der Waals surface area (Å²) >= 11 is 1.61. The predicted molar refractivity (Wildman–Crippen MR) is 123 cm³/mol. The van der Waals surface area contributed by atoms with Gasteiger partial charge in [0.1, 0.15) is 0 Å². The van der Waals surface area contributed by atoms with Crippen LogP contribution in [0.1, 0.15) is 21.5 Å². The number of carbonyl (C=O) groups is 1. The SMILES string of the molecule is C=CCn1c(SCc2cccc(C(=O)N3CCOCC3)c2)nnc1-c1ccc(C)cc1. The van der Waals surface area contributed by atoms with Crippen molar-refractivity contribution in [3.05, 3.63) is 77.9 Å². The van der Waals surface area contributed by atoms with Gasteiger partial charge >= 0.3 is 0 Å². The maximum Gasteiger partial charge on any atom is 0.254 e. The zero-order valence-corrected chi connectivity index (χ0v) is 18.5. The third-order valence-electron chi connectivity index (χ3n) is 5.18. The molecule has 0 aliphatic carbocycles. The number of hydrogen-bond donors (Lipinski definition) is 0. The van der Waals surface area contributed by atoms with E-state index in [-0.39, 0.29) is 5.91 Å². The van der Waals surface area contributed by atoms with Gasteiger partial charge in [-0.1, -0.05) is 59.8 Å². The van der Waals surface area contributed by atoms with E-state index in [2.05, 4.69) is 52.5 Å². The number of ether oxygens (including phenoxy) is 1. The zero-order valence-electron chi connectivity index (χ0n) is 17.7. The normalized spacial score (nSPS) is 13.9. The van der Waals surface area contributed by atoms with Crippen LogP contribution in [0.2, 0.25) is 0 Å². The second-order valence-electron chi connectivity index (χ2n) is 7.47. The van der Waals surface area contributed by atoms with E-state index >= 15 is 0 Å². The summed E-state index contributed by atoms with van der Waals surface area (Å²) in [6.45, 7) is 9.07. The Morgan fingerprint density at radius 2 is 1.94 bits per heavy atom. The minimum Gasteiger partial charge on any atom is -0.378 e. The maximum absolute atomic E-state index is 12.8. The molecule has 0 spiro atoms. The number of carbonyl (C=O) groups excluding carboxylic acids is 1. The van der Waals surface area contributed by atoms with E-state index in [1.165, 1.54) is 5.56 Å². The van der Waals surface area contributed by atoms with Crippen LogP contribution in [-0.4, -0.2) is 51.9 Å². The first-order chi connectivity index (χ1) is 15.2. The number of benzene rings is 2. The summed E-state index contributed by atoms with van der Waals surface area (Å²) in [4.78, 5) is 14.6. The van der Waals surface area contributed by atoms with Gasteiger partial charge in [-0.05, 0) is 24.6 Å². The summed E-state index contributed by atoms with van der Waals surface area (Å²) in [5.74, 6) is 1.60. The number of aromatic nitrogens is 3. The molecule has 2 heterocycles. The summed E-state index contributed by atoms with van der Waals surface area (Å²) in [7, 11) is 0. The first kappa shape index (κ1) is 21.3. The minimum atomic E-state index is 0.0617. The van der Waals surface area contributed by atoms with Crippen LogP contribution in [0, 0.1) is 6.92 Å². The summed E-state index contributed by atoms with van der Waals surface area (Å²) in [5, 5.41) is 9.68. The predicted octanol–water partition coefficient (Wildman–Crippen LogP) is 4.20. The van der Waals surface area contributed by atoms with E-state index in [0.717, 1.165) is 22.1 Å². The second-order valence-corrected chi connectivity index (χ2v) is 8.41. The molecule has 7 heteroatoms. The Balaban J connectivity index is 1.49. The number of nitrogens with zero attached hydrogens (tertiary/aromatic N) is 4. The van der Waals surface area contributed by atoms with E-state index in [1.54, 1.807) is 11.8 Å². The van der Waals surface area contributed by atoms with Gasteiger partial charge in [-0.15, -0.1) is 16.8 Å². The third kappa shape index (κ3) is 5.06. The summed E-state index contributed by atoms with van der Waals surface area (Å²) < 4.78 is 7.42. The van der Waals surface area contributed by atoms with Crippen LogP contribution in [0.3, 0.4) is 0 Å². The highest BCUT2D eigenvalue weighted by Gasteiger charge is 2.19. The Bertz CT molecular complexity index is 1060. The molecule has 1 amide bonds. The Labute approximate surface area is 186 Å². The average molecular weight is 435 g/mol. The van der Waals surface area contributed by atoms with Gasteiger partial charge in [0.05, 0.1) is 13.2 Å². The Hall–Kier alpha value is -2.90. The van der Waals surface area contributed by atoms with Crippen molar-refractivity contribution in [1.82, 2.24) is 19.7 Å². The number of hydrogen-bond acceptors (Lipinski definition) is 5. The molecule has 1 aliphatic heterocycles. The number of allylic oxidation sites excluding steroid dienone is 1. The topological polar surface area (TPSA) is 60.2 Å². The van der Waals surface area contributed by atoms with Crippen LogP contribution < -0.4 is 0 Å². The Kier molecular flexibility index (Phi) is 6.84. The Morgan fingerprint density at radius 1 is 1.16 bits per heavy atom. The Morgan fingerprint density at radius 3 is 2.68 bits per heavy atom. The third-order valence-corrected chi connectivity index (χ3v) is 6.22. The fourth-order valence-corrected chi connectivity index (χ4v) is 4.39. The van der Waals surface area contributed by atoms with Crippen LogP contribution in [0.4, 0.5) is 0 Å². The quantitative estimate of drug-likeness (QED) is 0.412. The van der Waals surface area contributed by atoms with Gasteiger partial charge < -0.3 is 9.64 Å². The molecule has 0 saturated carbocycles. The van der Waals surface area contributed by atoms with Crippen LogP contribution in [0.25, 0.3) is 11.4 Å². The monoisotopic (exact) mass is 434 g/mol. The summed E-state index contributed by atoms with van der Waals surface area (Å²) in [6, 6.07) is 16.1. The van der Waals surface area contributed by atoms with Crippen molar-refractivity contribution >= 4 is 17.7 Å². The lowest BCUT2D eigenvalue weighted by molar-refractivity contribution is 0.0303. The molecule has 4 rings (SSSR count). The first-order valence-electron chi connectivity index (χ1n) is 10.4. The zero-order chi connectivity index (χ0) is 21.6. The largest absolute Gasteiger partial charge is 0.378 e. The van der Waals surface area contributed by atoms with Crippen LogP contribution in [0.15, 0.2) is 66.3 Å². The van der Waals surface area contributed by atoms with Crippen LogP contribution >= 0.6 is 11.8 Å². The highest BCUT2D eigenvalue weighted by molar-refractivity contribution is 7.98. The molecular weight excluding hydrogens is 408 g/mol. The molecule has 0 bridgehead atoms. The molecule has 160 valence electrons. The average Bonchev–Trinajstić information content (AvgIpc) is 3.21. The van der Waals surface area contributed by atoms with Crippen LogP contribution in [-0.2, 0) is 17.0 Å².